The van der Waals surface area contributed by atoms with Gasteiger partial charge in [0, 0.05) is 11.9 Å². The van der Waals surface area contributed by atoms with E-state index in [4.69, 9.17) is 10.5 Å². The quantitative estimate of drug-likeness (QED) is 0.793. The Balaban J connectivity index is 1.92. The van der Waals surface area contributed by atoms with Crippen molar-refractivity contribution in [3.8, 4) is 0 Å². The van der Waals surface area contributed by atoms with Gasteiger partial charge in [-0.15, -0.1) is 11.3 Å². The van der Waals surface area contributed by atoms with Gasteiger partial charge in [0.05, 0.1) is 0 Å². The number of anilines is 1. The summed E-state index contributed by atoms with van der Waals surface area (Å²) in [4.78, 5) is 26.7. The maximum atomic E-state index is 11.7. The third kappa shape index (κ3) is 4.28. The molecule has 1 atom stereocenters. The van der Waals surface area contributed by atoms with Crippen LogP contribution in [-0.4, -0.2) is 23.0 Å². The number of hydrogen-bond donors (Lipinski definition) is 2. The first-order valence-corrected chi connectivity index (χ1v) is 7.18. The van der Waals surface area contributed by atoms with E-state index in [1.165, 1.54) is 18.3 Å². The molecular formula is C14H15N3O3S. The number of nitrogens with one attached hydrogen (secondary N) is 1. The summed E-state index contributed by atoms with van der Waals surface area (Å²) >= 11 is 1.29. The Morgan fingerprint density at radius 2 is 2.10 bits per heavy atom. The number of rotatable bonds is 6. The molecule has 6 nitrogen and oxygen atoms in total. The van der Waals surface area contributed by atoms with Gasteiger partial charge in [-0.3, -0.25) is 4.79 Å². The van der Waals surface area contributed by atoms with Gasteiger partial charge in [0.1, 0.15) is 0 Å². The number of benzene rings is 1. The average Bonchev–Trinajstić information content (AvgIpc) is 2.95. The van der Waals surface area contributed by atoms with Crippen molar-refractivity contribution in [1.29, 1.82) is 0 Å². The molecule has 0 unspecified atom stereocenters. The number of thiazole rings is 1. The van der Waals surface area contributed by atoms with E-state index in [1.54, 1.807) is 5.38 Å². The topological polar surface area (TPSA) is 94.3 Å². The van der Waals surface area contributed by atoms with Crippen LogP contribution in [0.2, 0.25) is 0 Å². The lowest BCUT2D eigenvalue weighted by molar-refractivity contribution is -0.125. The van der Waals surface area contributed by atoms with Crippen LogP contribution in [0.4, 0.5) is 5.13 Å². The van der Waals surface area contributed by atoms with Crippen LogP contribution in [0.5, 0.6) is 0 Å². The predicted molar refractivity (Wildman–Crippen MR) is 80.0 cm³/mol. The monoisotopic (exact) mass is 305 g/mol. The molecule has 1 aromatic heterocycles. The van der Waals surface area contributed by atoms with E-state index in [0.717, 1.165) is 5.56 Å². The van der Waals surface area contributed by atoms with Gasteiger partial charge in [-0.2, -0.15) is 0 Å². The van der Waals surface area contributed by atoms with Crippen LogP contribution in [0, 0.1) is 0 Å². The predicted octanol–water partition coefficient (Wildman–Crippen LogP) is 1.79. The van der Waals surface area contributed by atoms with Gasteiger partial charge in [-0.05, 0) is 12.5 Å². The van der Waals surface area contributed by atoms with E-state index in [0.29, 0.717) is 11.7 Å². The van der Waals surface area contributed by atoms with Crippen molar-refractivity contribution in [3.05, 3.63) is 47.0 Å². The van der Waals surface area contributed by atoms with E-state index in [1.807, 2.05) is 30.3 Å². The van der Waals surface area contributed by atoms with E-state index >= 15 is 0 Å². The molecule has 0 fully saturated rings. The third-order valence-electron chi connectivity index (χ3n) is 2.68. The van der Waals surface area contributed by atoms with Crippen molar-refractivity contribution in [1.82, 2.24) is 4.98 Å². The van der Waals surface area contributed by atoms with Crippen molar-refractivity contribution >= 4 is 28.3 Å². The Bertz CT molecular complexity index is 627. The number of nitrogens with two attached hydrogens (primary N) is 1. The minimum absolute atomic E-state index is 0.156. The Morgan fingerprint density at radius 3 is 2.76 bits per heavy atom. The molecule has 1 amide bonds. The average molecular weight is 305 g/mol. The molecule has 1 heterocycles. The zero-order valence-corrected chi connectivity index (χ0v) is 12.2. The number of hydrogen-bond acceptors (Lipinski definition) is 6. The molecule has 0 aliphatic rings. The molecule has 2 aromatic rings. The SMILES string of the molecule is C[C@@H](OC(=O)c1csc(NCc2ccccc2)n1)C(N)=O. The van der Waals surface area contributed by atoms with Crippen LogP contribution in [0.25, 0.3) is 0 Å². The molecule has 2 rings (SSSR count). The molecule has 21 heavy (non-hydrogen) atoms. The summed E-state index contributed by atoms with van der Waals surface area (Å²) in [6.07, 6.45) is -0.972. The summed E-state index contributed by atoms with van der Waals surface area (Å²) in [7, 11) is 0. The van der Waals surface area contributed by atoms with Crippen molar-refractivity contribution < 1.29 is 14.3 Å². The van der Waals surface area contributed by atoms with Crippen molar-refractivity contribution in [2.75, 3.05) is 5.32 Å². The second kappa shape index (κ2) is 6.85. The summed E-state index contributed by atoms with van der Waals surface area (Å²) in [5.41, 5.74) is 6.30. The fraction of sp³-hybridized carbons (Fsp3) is 0.214. The second-order valence-corrected chi connectivity index (χ2v) is 5.19. The normalized spacial score (nSPS) is 11.7. The fourth-order valence-electron chi connectivity index (χ4n) is 1.50. The number of primary amides is 1. The molecule has 0 saturated carbocycles. The standard InChI is InChI=1S/C14H15N3O3S/c1-9(12(15)18)20-13(19)11-8-21-14(17-11)16-7-10-5-3-2-4-6-10/h2-6,8-9H,7H2,1H3,(H2,15,18)(H,16,17)/t9-/m1/s1. The summed E-state index contributed by atoms with van der Waals surface area (Å²) < 4.78 is 4.88. The van der Waals surface area contributed by atoms with E-state index in [-0.39, 0.29) is 5.69 Å². The highest BCUT2D eigenvalue weighted by Gasteiger charge is 2.18. The first kappa shape index (κ1) is 15.0. The molecule has 7 heteroatoms. The van der Waals surface area contributed by atoms with Crippen LogP contribution in [-0.2, 0) is 16.1 Å². The second-order valence-electron chi connectivity index (χ2n) is 4.33. The Kier molecular flexibility index (Phi) is 4.89. The van der Waals surface area contributed by atoms with Gasteiger partial charge in [0.2, 0.25) is 0 Å². The van der Waals surface area contributed by atoms with Crippen LogP contribution >= 0.6 is 11.3 Å². The van der Waals surface area contributed by atoms with Gasteiger partial charge < -0.3 is 15.8 Å². The highest BCUT2D eigenvalue weighted by molar-refractivity contribution is 7.13. The maximum absolute atomic E-state index is 11.7. The number of carbonyl (C=O) groups excluding carboxylic acids is 2. The van der Waals surface area contributed by atoms with Crippen LogP contribution in [0.3, 0.4) is 0 Å². The molecule has 3 N–H and O–H groups in total. The van der Waals surface area contributed by atoms with Crippen molar-refractivity contribution in [2.24, 2.45) is 5.73 Å². The van der Waals surface area contributed by atoms with Crippen LogP contribution < -0.4 is 11.1 Å². The first-order valence-electron chi connectivity index (χ1n) is 6.30. The summed E-state index contributed by atoms with van der Waals surface area (Å²) in [5, 5.41) is 5.30. The molecule has 110 valence electrons. The molecule has 0 spiro atoms. The third-order valence-corrected chi connectivity index (χ3v) is 3.48. The minimum Gasteiger partial charge on any atom is -0.448 e. The van der Waals surface area contributed by atoms with Gasteiger partial charge in [-0.25, -0.2) is 9.78 Å². The van der Waals surface area contributed by atoms with Crippen molar-refractivity contribution in [3.63, 3.8) is 0 Å². The molecule has 0 aliphatic carbocycles. The van der Waals surface area contributed by atoms with Gasteiger partial charge in [0.15, 0.2) is 16.9 Å². The van der Waals surface area contributed by atoms with E-state index < -0.39 is 18.0 Å². The number of amides is 1. The number of nitrogens with zero attached hydrogens (tertiary/aromatic N) is 1. The van der Waals surface area contributed by atoms with Gasteiger partial charge in [0.25, 0.3) is 5.91 Å². The molecule has 0 saturated heterocycles. The number of carbonyl (C=O) groups is 2. The lowest BCUT2D eigenvalue weighted by Crippen LogP contribution is -2.30. The van der Waals surface area contributed by atoms with E-state index in [9.17, 15) is 9.59 Å². The number of aromatic nitrogens is 1. The Labute approximate surface area is 125 Å². The Morgan fingerprint density at radius 1 is 1.38 bits per heavy atom. The number of ether oxygens (including phenoxy) is 1. The maximum Gasteiger partial charge on any atom is 0.358 e. The molecule has 0 bridgehead atoms. The van der Waals surface area contributed by atoms with Gasteiger partial charge in [-0.1, -0.05) is 30.3 Å². The van der Waals surface area contributed by atoms with Crippen LogP contribution in [0.15, 0.2) is 35.7 Å². The van der Waals surface area contributed by atoms with Gasteiger partial charge >= 0.3 is 5.97 Å². The minimum atomic E-state index is -0.972. The summed E-state index contributed by atoms with van der Waals surface area (Å²) in [6.45, 7) is 2.03. The summed E-state index contributed by atoms with van der Waals surface area (Å²) in [5.74, 6) is -1.36. The molecule has 0 radical (unpaired) electrons. The lowest BCUT2D eigenvalue weighted by Gasteiger charge is -2.07. The van der Waals surface area contributed by atoms with E-state index in [2.05, 4.69) is 10.3 Å². The molecule has 1 aromatic carbocycles. The largest absolute Gasteiger partial charge is 0.448 e. The number of esters is 1. The summed E-state index contributed by atoms with van der Waals surface area (Å²) in [6, 6.07) is 9.83. The first-order chi connectivity index (χ1) is 10.1. The highest BCUT2D eigenvalue weighted by atomic mass is 32.1. The zero-order valence-electron chi connectivity index (χ0n) is 11.4. The smallest absolute Gasteiger partial charge is 0.358 e. The Hall–Kier alpha value is -2.41. The molecule has 0 aliphatic heterocycles. The molecular weight excluding hydrogens is 290 g/mol. The lowest BCUT2D eigenvalue weighted by atomic mass is 10.2. The fourth-order valence-corrected chi connectivity index (χ4v) is 2.18. The van der Waals surface area contributed by atoms with Crippen molar-refractivity contribution in [2.45, 2.75) is 19.6 Å². The zero-order chi connectivity index (χ0) is 15.2. The highest BCUT2D eigenvalue weighted by Crippen LogP contribution is 2.17. The van der Waals surface area contributed by atoms with Crippen LogP contribution in [0.1, 0.15) is 23.0 Å².